The van der Waals surface area contributed by atoms with Crippen molar-refractivity contribution in [3.8, 4) is 11.4 Å². The highest BCUT2D eigenvalue weighted by atomic mass is 16.3. The molecule has 0 atom stereocenters. The van der Waals surface area contributed by atoms with Gasteiger partial charge in [0, 0.05) is 48.6 Å². The topological polar surface area (TPSA) is 101 Å². The number of amides is 1. The maximum atomic E-state index is 12.4. The summed E-state index contributed by atoms with van der Waals surface area (Å²) in [6.45, 7) is 2.28. The van der Waals surface area contributed by atoms with Crippen LogP contribution < -0.4 is 10.9 Å². The van der Waals surface area contributed by atoms with Crippen LogP contribution in [0, 0.1) is 6.92 Å². The molecule has 0 unspecified atom stereocenters. The van der Waals surface area contributed by atoms with Gasteiger partial charge in [-0.25, -0.2) is 4.98 Å². The number of furan rings is 1. The number of aromatic nitrogens is 3. The van der Waals surface area contributed by atoms with Gasteiger partial charge in [0.15, 0.2) is 0 Å². The van der Waals surface area contributed by atoms with E-state index in [0.29, 0.717) is 36.5 Å². The van der Waals surface area contributed by atoms with E-state index < -0.39 is 0 Å². The summed E-state index contributed by atoms with van der Waals surface area (Å²) in [6.07, 6.45) is 6.11. The summed E-state index contributed by atoms with van der Waals surface area (Å²) in [5.74, 6) is 1.23. The number of carbonyl (C=O) groups excluding carboxylic acids is 1. The van der Waals surface area contributed by atoms with Gasteiger partial charge in [0.2, 0.25) is 5.91 Å². The predicted molar refractivity (Wildman–Crippen MR) is 96.6 cm³/mol. The molecule has 0 saturated carbocycles. The van der Waals surface area contributed by atoms with Crippen LogP contribution in [0.5, 0.6) is 0 Å². The van der Waals surface area contributed by atoms with E-state index in [0.717, 1.165) is 11.3 Å². The second kappa shape index (κ2) is 8.24. The summed E-state index contributed by atoms with van der Waals surface area (Å²) in [7, 11) is 0. The molecule has 0 spiro atoms. The fraction of sp³-hybridized carbons (Fsp3) is 0.263. The number of aryl methyl sites for hydroxylation is 1. The Kier molecular flexibility index (Phi) is 5.58. The standard InChI is InChI=1S/C19H20N4O3/c1-13-16(4-5-17(24)21-11-8-15-3-2-12-26-15)19(25)23-18(22-13)14-6-9-20-10-7-14/h2-3,6-7,9-10,12H,4-5,8,11H2,1H3,(H,21,24)(H,22,23,25). The number of carbonyl (C=O) groups is 1. The summed E-state index contributed by atoms with van der Waals surface area (Å²) in [6, 6.07) is 7.24. The SMILES string of the molecule is Cc1nc(-c2ccncc2)[nH]c(=O)c1CCC(=O)NCCc1ccco1. The zero-order valence-electron chi connectivity index (χ0n) is 14.5. The number of nitrogens with zero attached hydrogens (tertiary/aromatic N) is 2. The van der Waals surface area contributed by atoms with Gasteiger partial charge >= 0.3 is 0 Å². The van der Waals surface area contributed by atoms with Gasteiger partial charge in [0.1, 0.15) is 11.6 Å². The molecule has 7 nitrogen and oxygen atoms in total. The first-order valence-corrected chi connectivity index (χ1v) is 8.43. The second-order valence-corrected chi connectivity index (χ2v) is 5.89. The molecule has 2 N–H and O–H groups in total. The first-order chi connectivity index (χ1) is 12.6. The summed E-state index contributed by atoms with van der Waals surface area (Å²) in [4.78, 5) is 35.5. The minimum atomic E-state index is -0.215. The van der Waals surface area contributed by atoms with Crippen LogP contribution in [0.1, 0.15) is 23.4 Å². The summed E-state index contributed by atoms with van der Waals surface area (Å²) in [5, 5.41) is 2.83. The molecule has 0 aliphatic rings. The van der Waals surface area contributed by atoms with Crippen molar-refractivity contribution >= 4 is 5.91 Å². The first-order valence-electron chi connectivity index (χ1n) is 8.43. The van der Waals surface area contributed by atoms with E-state index in [9.17, 15) is 9.59 Å². The maximum absolute atomic E-state index is 12.4. The molecule has 0 aliphatic heterocycles. The minimum Gasteiger partial charge on any atom is -0.469 e. The van der Waals surface area contributed by atoms with Crippen LogP contribution >= 0.6 is 0 Å². The van der Waals surface area contributed by atoms with E-state index >= 15 is 0 Å². The lowest BCUT2D eigenvalue weighted by Gasteiger charge is -2.08. The van der Waals surface area contributed by atoms with Crippen LogP contribution in [0.25, 0.3) is 11.4 Å². The van der Waals surface area contributed by atoms with E-state index in [2.05, 4.69) is 20.3 Å². The van der Waals surface area contributed by atoms with Crippen molar-refractivity contribution in [3.63, 3.8) is 0 Å². The molecule has 0 fully saturated rings. The van der Waals surface area contributed by atoms with Crippen molar-refractivity contribution in [2.24, 2.45) is 0 Å². The minimum absolute atomic E-state index is 0.103. The summed E-state index contributed by atoms with van der Waals surface area (Å²) in [5.41, 5.74) is 1.74. The number of rotatable bonds is 7. The molecule has 0 aromatic carbocycles. The predicted octanol–water partition coefficient (Wildman–Crippen LogP) is 2.02. The molecule has 3 aromatic rings. The lowest BCUT2D eigenvalue weighted by molar-refractivity contribution is -0.121. The van der Waals surface area contributed by atoms with Crippen LogP contribution in [0.15, 0.2) is 52.1 Å². The number of aromatic amines is 1. The average molecular weight is 352 g/mol. The number of pyridine rings is 1. The fourth-order valence-corrected chi connectivity index (χ4v) is 2.66. The molecule has 7 heteroatoms. The third kappa shape index (κ3) is 4.44. The molecule has 3 heterocycles. The number of hydrogen-bond acceptors (Lipinski definition) is 5. The fourth-order valence-electron chi connectivity index (χ4n) is 2.66. The first kappa shape index (κ1) is 17.6. The Morgan fingerprint density at radius 1 is 1.23 bits per heavy atom. The smallest absolute Gasteiger partial charge is 0.254 e. The van der Waals surface area contributed by atoms with Crippen LogP contribution in [-0.4, -0.2) is 27.4 Å². The Labute approximate surface area is 150 Å². The quantitative estimate of drug-likeness (QED) is 0.677. The Morgan fingerprint density at radius 2 is 2.04 bits per heavy atom. The molecule has 0 radical (unpaired) electrons. The van der Waals surface area contributed by atoms with E-state index in [1.54, 1.807) is 37.7 Å². The Hall–Kier alpha value is -3.22. The monoisotopic (exact) mass is 352 g/mol. The van der Waals surface area contributed by atoms with E-state index in [1.807, 2.05) is 12.1 Å². The largest absolute Gasteiger partial charge is 0.469 e. The van der Waals surface area contributed by atoms with Gasteiger partial charge in [-0.2, -0.15) is 0 Å². The third-order valence-corrected chi connectivity index (χ3v) is 4.05. The molecule has 0 bridgehead atoms. The molecule has 1 amide bonds. The van der Waals surface area contributed by atoms with Crippen molar-refractivity contribution in [1.29, 1.82) is 0 Å². The van der Waals surface area contributed by atoms with Crippen LogP contribution in [0.4, 0.5) is 0 Å². The lowest BCUT2D eigenvalue weighted by Crippen LogP contribution is -2.27. The van der Waals surface area contributed by atoms with Gasteiger partial charge in [0.25, 0.3) is 5.56 Å². The van der Waals surface area contributed by atoms with Crippen molar-refractivity contribution in [1.82, 2.24) is 20.3 Å². The maximum Gasteiger partial charge on any atom is 0.254 e. The highest BCUT2D eigenvalue weighted by molar-refractivity contribution is 5.76. The van der Waals surface area contributed by atoms with E-state index in [-0.39, 0.29) is 17.9 Å². The van der Waals surface area contributed by atoms with Crippen LogP contribution in [-0.2, 0) is 17.6 Å². The molecular weight excluding hydrogens is 332 g/mol. The molecular formula is C19H20N4O3. The van der Waals surface area contributed by atoms with Gasteiger partial charge in [-0.1, -0.05) is 0 Å². The van der Waals surface area contributed by atoms with E-state index in [4.69, 9.17) is 4.42 Å². The molecule has 0 saturated heterocycles. The van der Waals surface area contributed by atoms with Gasteiger partial charge in [-0.05, 0) is 37.6 Å². The second-order valence-electron chi connectivity index (χ2n) is 5.89. The molecule has 3 aromatic heterocycles. The highest BCUT2D eigenvalue weighted by Crippen LogP contribution is 2.13. The Balaban J connectivity index is 1.57. The van der Waals surface area contributed by atoms with Crippen LogP contribution in [0.2, 0.25) is 0 Å². The number of nitrogens with one attached hydrogen (secondary N) is 2. The van der Waals surface area contributed by atoms with Crippen molar-refractivity contribution < 1.29 is 9.21 Å². The van der Waals surface area contributed by atoms with Gasteiger partial charge < -0.3 is 14.7 Å². The van der Waals surface area contributed by atoms with Gasteiger partial charge in [0.05, 0.1) is 6.26 Å². The lowest BCUT2D eigenvalue weighted by atomic mass is 10.1. The highest BCUT2D eigenvalue weighted by Gasteiger charge is 2.11. The summed E-state index contributed by atoms with van der Waals surface area (Å²) < 4.78 is 5.21. The normalized spacial score (nSPS) is 10.7. The number of H-pyrrole nitrogens is 1. The summed E-state index contributed by atoms with van der Waals surface area (Å²) >= 11 is 0. The average Bonchev–Trinajstić information content (AvgIpc) is 3.15. The third-order valence-electron chi connectivity index (χ3n) is 4.05. The van der Waals surface area contributed by atoms with Gasteiger partial charge in [-0.15, -0.1) is 0 Å². The van der Waals surface area contributed by atoms with Gasteiger partial charge in [-0.3, -0.25) is 14.6 Å². The van der Waals surface area contributed by atoms with Crippen LogP contribution in [0.3, 0.4) is 0 Å². The zero-order chi connectivity index (χ0) is 18.4. The van der Waals surface area contributed by atoms with Crippen molar-refractivity contribution in [3.05, 3.63) is 70.3 Å². The van der Waals surface area contributed by atoms with Crippen molar-refractivity contribution in [2.45, 2.75) is 26.2 Å². The Bertz CT molecular complexity index is 918. The molecule has 134 valence electrons. The van der Waals surface area contributed by atoms with Crippen molar-refractivity contribution in [2.75, 3.05) is 6.54 Å². The molecule has 0 aliphatic carbocycles. The number of hydrogen-bond donors (Lipinski definition) is 2. The Morgan fingerprint density at radius 3 is 2.73 bits per heavy atom. The molecule has 26 heavy (non-hydrogen) atoms. The van der Waals surface area contributed by atoms with E-state index in [1.165, 1.54) is 0 Å². The zero-order valence-corrected chi connectivity index (χ0v) is 14.5. The molecule has 3 rings (SSSR count).